The lowest BCUT2D eigenvalue weighted by Crippen LogP contribution is -2.20. The van der Waals surface area contributed by atoms with E-state index in [4.69, 9.17) is 0 Å². The molecular weight excluding hydrogens is 381 g/mol. The van der Waals surface area contributed by atoms with Gasteiger partial charge in [0.2, 0.25) is 5.91 Å². The average Bonchev–Trinajstić information content (AvgIpc) is 3.02. The molecule has 4 rings (SSSR count). The highest BCUT2D eigenvalue weighted by Crippen LogP contribution is 2.42. The van der Waals surface area contributed by atoms with E-state index in [2.05, 4.69) is 17.2 Å². The summed E-state index contributed by atoms with van der Waals surface area (Å²) in [6.07, 6.45) is -0.229. The number of hydrogen-bond acceptors (Lipinski definition) is 2. The molecule has 29 heavy (non-hydrogen) atoms. The Morgan fingerprint density at radius 2 is 1.83 bits per heavy atom. The summed E-state index contributed by atoms with van der Waals surface area (Å²) in [6.45, 7) is 3.59. The minimum absolute atomic E-state index is 0.130. The van der Waals surface area contributed by atoms with E-state index < -0.39 is 11.7 Å². The van der Waals surface area contributed by atoms with Gasteiger partial charge < -0.3 is 15.4 Å². The Morgan fingerprint density at radius 1 is 1.14 bits per heavy atom. The third kappa shape index (κ3) is 4.91. The summed E-state index contributed by atoms with van der Waals surface area (Å²) in [5.41, 5.74) is 2.05. The van der Waals surface area contributed by atoms with Crippen LogP contribution in [0.25, 0.3) is 10.9 Å². The lowest BCUT2D eigenvalue weighted by Gasteiger charge is -2.34. The molecule has 4 nitrogen and oxygen atoms in total. The van der Waals surface area contributed by atoms with Crippen molar-refractivity contribution in [3.8, 4) is 5.75 Å². The van der Waals surface area contributed by atoms with Crippen LogP contribution in [0.3, 0.4) is 0 Å². The molecule has 3 aromatic rings. The molecule has 1 fully saturated rings. The van der Waals surface area contributed by atoms with E-state index in [-0.39, 0.29) is 11.7 Å². The zero-order chi connectivity index (χ0) is 21.2. The van der Waals surface area contributed by atoms with Crippen LogP contribution in [0.5, 0.6) is 5.75 Å². The summed E-state index contributed by atoms with van der Waals surface area (Å²) in [4.78, 5) is 13.8. The van der Waals surface area contributed by atoms with Crippen LogP contribution >= 0.6 is 0 Å². The number of carbonyl (C=O) groups is 1. The van der Waals surface area contributed by atoms with Gasteiger partial charge in [-0.3, -0.25) is 4.79 Å². The number of hydrogen-bond donors (Lipinski definition) is 3. The number of amides is 1. The van der Waals surface area contributed by atoms with Gasteiger partial charge in [-0.1, -0.05) is 19.1 Å². The van der Waals surface area contributed by atoms with Gasteiger partial charge in [-0.05, 0) is 60.6 Å². The molecule has 1 aliphatic rings. The van der Waals surface area contributed by atoms with Gasteiger partial charge in [-0.15, -0.1) is 0 Å². The second kappa shape index (κ2) is 8.19. The van der Waals surface area contributed by atoms with Gasteiger partial charge >= 0.3 is 6.18 Å². The number of aromatic amines is 1. The number of phenols is 1. The number of rotatable bonds is 2. The van der Waals surface area contributed by atoms with E-state index in [9.17, 15) is 23.1 Å². The van der Waals surface area contributed by atoms with E-state index in [0.717, 1.165) is 22.9 Å². The quantitative estimate of drug-likeness (QED) is 0.487. The molecule has 2 unspecified atom stereocenters. The topological polar surface area (TPSA) is 65.1 Å². The molecule has 1 amide bonds. The van der Waals surface area contributed by atoms with Crippen molar-refractivity contribution < 1.29 is 23.1 Å². The van der Waals surface area contributed by atoms with Crippen molar-refractivity contribution >= 4 is 22.5 Å². The van der Waals surface area contributed by atoms with Crippen LogP contribution in [0.2, 0.25) is 0 Å². The highest BCUT2D eigenvalue weighted by molar-refractivity contribution is 6.01. The summed E-state index contributed by atoms with van der Waals surface area (Å²) < 4.78 is 36.9. The smallest absolute Gasteiger partial charge is 0.416 e. The van der Waals surface area contributed by atoms with E-state index in [1.165, 1.54) is 25.5 Å². The van der Waals surface area contributed by atoms with Crippen molar-refractivity contribution in [2.75, 3.05) is 5.32 Å². The number of benzene rings is 2. The fraction of sp³-hybridized carbons (Fsp3) is 0.318. The van der Waals surface area contributed by atoms with Crippen LogP contribution in [-0.4, -0.2) is 16.0 Å². The van der Waals surface area contributed by atoms with Gasteiger partial charge in [0.25, 0.3) is 0 Å². The molecule has 0 saturated heterocycles. The molecule has 0 radical (unpaired) electrons. The predicted octanol–water partition coefficient (Wildman–Crippen LogP) is 6.05. The molecule has 1 saturated carbocycles. The summed E-state index contributed by atoms with van der Waals surface area (Å²) >= 11 is 0. The molecular formula is C22H23F3N2O2. The Morgan fingerprint density at radius 3 is 2.34 bits per heavy atom. The zero-order valence-electron chi connectivity index (χ0n) is 16.2. The Labute approximate surface area is 166 Å². The van der Waals surface area contributed by atoms with E-state index >= 15 is 0 Å². The van der Waals surface area contributed by atoms with Crippen molar-refractivity contribution in [3.05, 3.63) is 59.8 Å². The van der Waals surface area contributed by atoms with Crippen LogP contribution in [-0.2, 0) is 11.0 Å². The molecule has 2 aromatic carbocycles. The molecule has 154 valence electrons. The number of H-pyrrole nitrogens is 1. The third-order valence-corrected chi connectivity index (χ3v) is 5.26. The minimum Gasteiger partial charge on any atom is -0.508 e. The maximum absolute atomic E-state index is 12.3. The van der Waals surface area contributed by atoms with Gasteiger partial charge in [-0.25, -0.2) is 0 Å². The van der Waals surface area contributed by atoms with Crippen LogP contribution in [0.4, 0.5) is 18.9 Å². The number of halogens is 3. The van der Waals surface area contributed by atoms with Gasteiger partial charge in [0.1, 0.15) is 5.75 Å². The number of phenolic OH excluding ortho intramolecular Hbond substituents is 1. The summed E-state index contributed by atoms with van der Waals surface area (Å²) in [5, 5.41) is 12.8. The minimum atomic E-state index is -4.22. The van der Waals surface area contributed by atoms with Crippen LogP contribution in [0.1, 0.15) is 43.7 Å². The monoisotopic (exact) mass is 404 g/mol. The van der Waals surface area contributed by atoms with Crippen molar-refractivity contribution in [1.29, 1.82) is 0 Å². The number of anilines is 1. The molecule has 0 spiro atoms. The molecule has 3 N–H and O–H groups in total. The summed E-state index contributed by atoms with van der Waals surface area (Å²) in [7, 11) is 0. The lowest BCUT2D eigenvalue weighted by molar-refractivity contribution is -0.137. The normalized spacial score (nSPS) is 18.5. The second-order valence-corrected chi connectivity index (χ2v) is 7.39. The molecule has 7 heteroatoms. The largest absolute Gasteiger partial charge is 0.508 e. The fourth-order valence-corrected chi connectivity index (χ4v) is 3.48. The number of carbonyl (C=O) groups excluding carboxylic acids is 1. The van der Waals surface area contributed by atoms with E-state index in [0.29, 0.717) is 17.5 Å². The lowest BCUT2D eigenvalue weighted by atomic mass is 9.71. The average molecular weight is 404 g/mol. The van der Waals surface area contributed by atoms with Crippen molar-refractivity contribution in [3.63, 3.8) is 0 Å². The molecule has 0 aliphatic heterocycles. The number of aromatic nitrogens is 1. The van der Waals surface area contributed by atoms with Crippen LogP contribution in [0, 0.1) is 5.92 Å². The number of aromatic hydroxyl groups is 1. The second-order valence-electron chi connectivity index (χ2n) is 7.39. The SMILES string of the molecule is CC(=O)Nc1c[nH]c2ccc(O)cc12.CC1CCC1c1ccc(C(F)(F)F)cc1. The van der Waals surface area contributed by atoms with E-state index in [1.807, 2.05) is 0 Å². The van der Waals surface area contributed by atoms with Gasteiger partial charge in [0.15, 0.2) is 0 Å². The maximum atomic E-state index is 12.3. The standard InChI is InChI=1S/C12H13F3.C10H10N2O2/c1-8-2-7-11(8)9-3-5-10(6-4-9)12(13,14)15;1-6(13)12-10-5-11-9-3-2-7(14)4-8(9)10/h3-6,8,11H,2,7H2,1H3;2-5,11,14H,1H3,(H,12,13). The first-order chi connectivity index (χ1) is 13.6. The third-order valence-electron chi connectivity index (χ3n) is 5.26. The number of fused-ring (bicyclic) bond motifs is 1. The first-order valence-electron chi connectivity index (χ1n) is 9.40. The Hall–Kier alpha value is -2.96. The zero-order valence-corrected chi connectivity index (χ0v) is 16.2. The Balaban J connectivity index is 0.000000166. The molecule has 0 bridgehead atoms. The highest BCUT2D eigenvalue weighted by atomic mass is 19.4. The fourth-order valence-electron chi connectivity index (χ4n) is 3.48. The van der Waals surface area contributed by atoms with Gasteiger partial charge in [0.05, 0.1) is 11.3 Å². The first kappa shape index (κ1) is 20.8. The van der Waals surface area contributed by atoms with Crippen molar-refractivity contribution in [2.24, 2.45) is 5.92 Å². The predicted molar refractivity (Wildman–Crippen MR) is 107 cm³/mol. The molecule has 1 heterocycles. The number of nitrogens with one attached hydrogen (secondary N) is 2. The van der Waals surface area contributed by atoms with E-state index in [1.54, 1.807) is 36.5 Å². The Kier molecular flexibility index (Phi) is 5.86. The van der Waals surface area contributed by atoms with Crippen molar-refractivity contribution in [1.82, 2.24) is 4.98 Å². The van der Waals surface area contributed by atoms with Crippen molar-refractivity contribution in [2.45, 2.75) is 38.8 Å². The molecule has 1 aromatic heterocycles. The van der Waals surface area contributed by atoms with Gasteiger partial charge in [0, 0.05) is 24.0 Å². The maximum Gasteiger partial charge on any atom is 0.416 e. The van der Waals surface area contributed by atoms with Crippen LogP contribution in [0.15, 0.2) is 48.7 Å². The first-order valence-corrected chi connectivity index (χ1v) is 9.40. The molecule has 1 aliphatic carbocycles. The number of alkyl halides is 3. The van der Waals surface area contributed by atoms with Gasteiger partial charge in [-0.2, -0.15) is 13.2 Å². The molecule has 2 atom stereocenters. The highest BCUT2D eigenvalue weighted by Gasteiger charge is 2.32. The summed E-state index contributed by atoms with van der Waals surface area (Å²) in [6, 6.07) is 10.6. The summed E-state index contributed by atoms with van der Waals surface area (Å²) in [5.74, 6) is 1.13. The van der Waals surface area contributed by atoms with Crippen LogP contribution < -0.4 is 5.32 Å². The Bertz CT molecular complexity index is 993.